The number of nitrogens with zero attached hydrogens (tertiary/aromatic N) is 2. The predicted octanol–water partition coefficient (Wildman–Crippen LogP) is 4.17. The van der Waals surface area contributed by atoms with Crippen molar-refractivity contribution in [3.8, 4) is 0 Å². The van der Waals surface area contributed by atoms with Crippen LogP contribution in [0.5, 0.6) is 0 Å². The van der Waals surface area contributed by atoms with Crippen LogP contribution in [0.4, 0.5) is 5.69 Å². The Kier molecular flexibility index (Phi) is 4.14. The van der Waals surface area contributed by atoms with Gasteiger partial charge in [0.1, 0.15) is 0 Å². The lowest BCUT2D eigenvalue weighted by Gasteiger charge is -2.09. The lowest BCUT2D eigenvalue weighted by atomic mass is 10.0. The van der Waals surface area contributed by atoms with Crippen LogP contribution in [0.3, 0.4) is 0 Å². The molecule has 2 heterocycles. The molecule has 0 atom stereocenters. The number of hydrogen-bond donors (Lipinski definition) is 2. The van der Waals surface area contributed by atoms with Gasteiger partial charge in [0.2, 0.25) is 0 Å². The monoisotopic (exact) mass is 365 g/mol. The third kappa shape index (κ3) is 3.28. The Morgan fingerprint density at radius 3 is 2.52 bits per heavy atom. The van der Waals surface area contributed by atoms with Crippen molar-refractivity contribution in [2.24, 2.45) is 0 Å². The second-order valence-electron chi connectivity index (χ2n) is 7.11. The molecule has 1 amide bonds. The molecule has 7 heteroatoms. The van der Waals surface area contributed by atoms with Crippen molar-refractivity contribution in [3.05, 3.63) is 52.8 Å². The fourth-order valence-electron chi connectivity index (χ4n) is 3.05. The number of rotatable bonds is 5. The van der Waals surface area contributed by atoms with Gasteiger partial charge in [-0.25, -0.2) is 9.78 Å². The van der Waals surface area contributed by atoms with Gasteiger partial charge in [-0.05, 0) is 49.1 Å². The fourth-order valence-corrected chi connectivity index (χ4v) is 3.05. The van der Waals surface area contributed by atoms with Crippen molar-refractivity contribution in [1.29, 1.82) is 0 Å². The minimum Gasteiger partial charge on any atom is -0.478 e. The summed E-state index contributed by atoms with van der Waals surface area (Å²) in [7, 11) is 0. The predicted molar refractivity (Wildman–Crippen MR) is 99.2 cm³/mol. The molecule has 4 rings (SSSR count). The van der Waals surface area contributed by atoms with E-state index in [0.717, 1.165) is 18.5 Å². The van der Waals surface area contributed by atoms with Crippen LogP contribution in [0.1, 0.15) is 70.6 Å². The van der Waals surface area contributed by atoms with E-state index in [1.165, 1.54) is 12.1 Å². The summed E-state index contributed by atoms with van der Waals surface area (Å²) in [5, 5.41) is 16.6. The smallest absolute Gasteiger partial charge is 0.335 e. The molecular formula is C20H19N3O4. The maximum Gasteiger partial charge on any atom is 0.335 e. The number of carboxylic acid groups (broad SMARTS) is 1. The molecule has 1 aliphatic rings. The van der Waals surface area contributed by atoms with Gasteiger partial charge in [0, 0.05) is 17.3 Å². The van der Waals surface area contributed by atoms with Gasteiger partial charge in [0.25, 0.3) is 11.6 Å². The number of aromatic nitrogens is 2. The van der Waals surface area contributed by atoms with E-state index in [9.17, 15) is 9.59 Å². The average Bonchev–Trinajstić information content (AvgIpc) is 3.40. The van der Waals surface area contributed by atoms with Crippen LogP contribution in [0.15, 0.2) is 34.9 Å². The third-order valence-corrected chi connectivity index (χ3v) is 4.67. The molecule has 1 aromatic carbocycles. The quantitative estimate of drug-likeness (QED) is 0.703. The summed E-state index contributed by atoms with van der Waals surface area (Å²) in [5.41, 5.74) is 3.09. The number of nitrogens with one attached hydrogen (secondary N) is 1. The average molecular weight is 365 g/mol. The van der Waals surface area contributed by atoms with Crippen LogP contribution in [0.2, 0.25) is 0 Å². The Labute approximate surface area is 155 Å². The lowest BCUT2D eigenvalue weighted by molar-refractivity contribution is 0.0696. The molecule has 1 saturated carbocycles. The zero-order valence-electron chi connectivity index (χ0n) is 15.0. The normalized spacial score (nSPS) is 13.9. The Morgan fingerprint density at radius 2 is 1.93 bits per heavy atom. The Morgan fingerprint density at radius 1 is 1.22 bits per heavy atom. The maximum atomic E-state index is 13.0. The van der Waals surface area contributed by atoms with Gasteiger partial charge in [-0.3, -0.25) is 4.79 Å². The highest BCUT2D eigenvalue weighted by atomic mass is 16.5. The number of anilines is 1. The number of benzene rings is 1. The van der Waals surface area contributed by atoms with Crippen molar-refractivity contribution in [3.63, 3.8) is 0 Å². The molecule has 2 aromatic heterocycles. The number of pyridine rings is 1. The molecule has 0 saturated heterocycles. The zero-order valence-corrected chi connectivity index (χ0v) is 15.0. The van der Waals surface area contributed by atoms with Crippen molar-refractivity contribution < 1.29 is 19.2 Å². The summed E-state index contributed by atoms with van der Waals surface area (Å²) in [5.74, 6) is -0.856. The minimum absolute atomic E-state index is 0.0845. The van der Waals surface area contributed by atoms with E-state index in [-0.39, 0.29) is 17.4 Å². The summed E-state index contributed by atoms with van der Waals surface area (Å²) in [6, 6.07) is 7.87. The van der Waals surface area contributed by atoms with E-state index in [1.54, 1.807) is 12.1 Å². The molecule has 138 valence electrons. The first-order valence-corrected chi connectivity index (χ1v) is 8.89. The fraction of sp³-hybridized carbons (Fsp3) is 0.300. The number of carboxylic acids is 1. The zero-order chi connectivity index (χ0) is 19.1. The summed E-state index contributed by atoms with van der Waals surface area (Å²) < 4.78 is 5.41. The van der Waals surface area contributed by atoms with E-state index < -0.39 is 5.97 Å². The molecule has 7 nitrogen and oxygen atoms in total. The van der Waals surface area contributed by atoms with Crippen LogP contribution in [0, 0.1) is 0 Å². The molecule has 0 unspecified atom stereocenters. The molecule has 2 N–H and O–H groups in total. The van der Waals surface area contributed by atoms with Crippen molar-refractivity contribution >= 4 is 28.7 Å². The number of amides is 1. The maximum absolute atomic E-state index is 13.0. The van der Waals surface area contributed by atoms with Gasteiger partial charge in [0.05, 0.1) is 22.2 Å². The van der Waals surface area contributed by atoms with E-state index in [0.29, 0.717) is 34.0 Å². The molecule has 27 heavy (non-hydrogen) atoms. The van der Waals surface area contributed by atoms with Gasteiger partial charge in [-0.2, -0.15) is 0 Å². The summed E-state index contributed by atoms with van der Waals surface area (Å²) in [6.07, 6.45) is 2.11. The lowest BCUT2D eigenvalue weighted by Crippen LogP contribution is -2.14. The molecular weight excluding hydrogens is 346 g/mol. The van der Waals surface area contributed by atoms with Gasteiger partial charge in [0.15, 0.2) is 0 Å². The Bertz CT molecular complexity index is 1030. The Hall–Kier alpha value is -3.22. The minimum atomic E-state index is -1.01. The first-order valence-electron chi connectivity index (χ1n) is 8.89. The van der Waals surface area contributed by atoms with E-state index in [2.05, 4.69) is 15.5 Å². The van der Waals surface area contributed by atoms with Gasteiger partial charge in [-0.15, -0.1) is 0 Å². The summed E-state index contributed by atoms with van der Waals surface area (Å²) in [4.78, 5) is 28.5. The summed E-state index contributed by atoms with van der Waals surface area (Å²) in [6.45, 7) is 3.97. The van der Waals surface area contributed by atoms with Crippen LogP contribution in [-0.4, -0.2) is 27.1 Å². The number of aromatic carboxylic acids is 1. The molecule has 3 aromatic rings. The number of carbonyl (C=O) groups excluding carboxylic acids is 1. The Balaban J connectivity index is 1.73. The highest BCUT2D eigenvalue weighted by Crippen LogP contribution is 2.41. The first-order chi connectivity index (χ1) is 12.9. The van der Waals surface area contributed by atoms with Crippen LogP contribution in [0.25, 0.3) is 11.1 Å². The van der Waals surface area contributed by atoms with Crippen molar-refractivity contribution in [2.45, 2.75) is 38.5 Å². The van der Waals surface area contributed by atoms with Crippen LogP contribution in [-0.2, 0) is 0 Å². The number of fused-ring (bicyclic) bond motifs is 1. The van der Waals surface area contributed by atoms with E-state index in [4.69, 9.17) is 9.63 Å². The largest absolute Gasteiger partial charge is 0.478 e. The molecule has 1 fully saturated rings. The van der Waals surface area contributed by atoms with Gasteiger partial charge in [-0.1, -0.05) is 19.0 Å². The second kappa shape index (κ2) is 6.50. The van der Waals surface area contributed by atoms with Crippen molar-refractivity contribution in [1.82, 2.24) is 10.1 Å². The highest BCUT2D eigenvalue weighted by molar-refractivity contribution is 6.12. The molecule has 0 bridgehead atoms. The summed E-state index contributed by atoms with van der Waals surface area (Å²) >= 11 is 0. The highest BCUT2D eigenvalue weighted by Gasteiger charge is 2.29. The topological polar surface area (TPSA) is 105 Å². The van der Waals surface area contributed by atoms with E-state index in [1.807, 2.05) is 19.9 Å². The molecule has 0 spiro atoms. The molecule has 1 aliphatic carbocycles. The molecule has 0 aliphatic heterocycles. The number of hydrogen-bond acceptors (Lipinski definition) is 5. The third-order valence-electron chi connectivity index (χ3n) is 4.67. The first kappa shape index (κ1) is 17.2. The van der Waals surface area contributed by atoms with Crippen molar-refractivity contribution in [2.75, 3.05) is 5.32 Å². The SMILES string of the molecule is CC(C)c1noc2nc(C3CC3)cc(C(=O)Nc3ccc(C(=O)O)cc3)c12. The van der Waals surface area contributed by atoms with Crippen LogP contribution < -0.4 is 5.32 Å². The number of carbonyl (C=O) groups is 2. The van der Waals surface area contributed by atoms with E-state index >= 15 is 0 Å². The van der Waals surface area contributed by atoms with Gasteiger partial charge < -0.3 is 14.9 Å². The van der Waals surface area contributed by atoms with Crippen LogP contribution >= 0.6 is 0 Å². The molecule has 0 radical (unpaired) electrons. The second-order valence-corrected chi connectivity index (χ2v) is 7.11. The standard InChI is InChI=1S/C20H19N3O4/c1-10(2)17-16-14(9-15(11-3-4-11)22-19(16)27-23-17)18(24)21-13-7-5-12(6-8-13)20(25)26/h5-11H,3-4H2,1-2H3,(H,21,24)(H,25,26). The van der Waals surface area contributed by atoms with Gasteiger partial charge >= 0.3 is 5.97 Å².